The van der Waals surface area contributed by atoms with Crippen LogP contribution in [0.2, 0.25) is 5.02 Å². The molecule has 32 heavy (non-hydrogen) atoms. The molecule has 2 aromatic carbocycles. The molecule has 2 aliphatic rings. The maximum atomic E-state index is 13.7. The quantitative estimate of drug-likeness (QED) is 0.641. The number of carbonyl (C=O) groups is 2. The van der Waals surface area contributed by atoms with Crippen LogP contribution in [0.5, 0.6) is 5.75 Å². The number of piperazine rings is 1. The molecule has 1 fully saturated rings. The van der Waals surface area contributed by atoms with E-state index in [4.69, 9.17) is 16.3 Å². The van der Waals surface area contributed by atoms with E-state index in [9.17, 15) is 9.59 Å². The minimum atomic E-state index is -0.327. The van der Waals surface area contributed by atoms with Crippen LogP contribution in [0.4, 0.5) is 5.69 Å². The first-order chi connectivity index (χ1) is 15.3. The summed E-state index contributed by atoms with van der Waals surface area (Å²) in [7, 11) is 2.06. The van der Waals surface area contributed by atoms with E-state index in [0.29, 0.717) is 40.6 Å². The highest BCUT2D eigenvalue weighted by Gasteiger charge is 2.43. The number of anilines is 1. The third-order valence-corrected chi connectivity index (χ3v) is 6.04. The van der Waals surface area contributed by atoms with Crippen LogP contribution in [0.1, 0.15) is 25.0 Å². The number of rotatable bonds is 5. The molecule has 6 nitrogen and oxygen atoms in total. The summed E-state index contributed by atoms with van der Waals surface area (Å²) in [5, 5.41) is 0.482. The number of ether oxygens (including phenoxy) is 1. The Kier molecular flexibility index (Phi) is 6.26. The van der Waals surface area contributed by atoms with Crippen molar-refractivity contribution in [1.82, 2.24) is 9.80 Å². The average Bonchev–Trinajstić information content (AvgIpc) is 3.01. The Morgan fingerprint density at radius 3 is 2.22 bits per heavy atom. The fourth-order valence-electron chi connectivity index (χ4n) is 4.12. The van der Waals surface area contributed by atoms with Gasteiger partial charge in [0.1, 0.15) is 11.4 Å². The minimum absolute atomic E-state index is 0.0527. The van der Waals surface area contributed by atoms with Crippen LogP contribution >= 0.6 is 11.6 Å². The maximum Gasteiger partial charge on any atom is 0.282 e. The molecule has 0 radical (unpaired) electrons. The van der Waals surface area contributed by atoms with Crippen LogP contribution in [-0.2, 0) is 9.59 Å². The van der Waals surface area contributed by atoms with E-state index in [1.54, 1.807) is 12.1 Å². The fraction of sp³-hybridized carbons (Fsp3) is 0.360. The number of likely N-dealkylation sites (N-methyl/N-ethyl adjacent to an activating group) is 1. The van der Waals surface area contributed by atoms with E-state index in [1.165, 1.54) is 4.90 Å². The van der Waals surface area contributed by atoms with E-state index >= 15 is 0 Å². The topological polar surface area (TPSA) is 53.1 Å². The number of halogens is 1. The second-order valence-electron chi connectivity index (χ2n) is 8.58. The molecule has 0 unspecified atom stereocenters. The Hall–Kier alpha value is -2.83. The molecule has 0 saturated carbocycles. The number of carbonyl (C=O) groups excluding carboxylic acids is 2. The second-order valence-corrected chi connectivity index (χ2v) is 9.02. The lowest BCUT2D eigenvalue weighted by Gasteiger charge is -2.34. The molecule has 0 bridgehead atoms. The van der Waals surface area contributed by atoms with E-state index in [2.05, 4.69) is 11.9 Å². The zero-order valence-electron chi connectivity index (χ0n) is 18.9. The predicted octanol–water partition coefficient (Wildman–Crippen LogP) is 3.97. The minimum Gasteiger partial charge on any atom is -0.491 e. The first-order valence-corrected chi connectivity index (χ1v) is 11.2. The van der Waals surface area contributed by atoms with E-state index < -0.39 is 0 Å². The number of hydrogen-bond acceptors (Lipinski definition) is 5. The van der Waals surface area contributed by atoms with Gasteiger partial charge in [0.15, 0.2) is 0 Å². The molecule has 168 valence electrons. The molecule has 2 aliphatic heterocycles. The normalized spacial score (nSPS) is 17.7. The number of aryl methyl sites for hydroxylation is 1. The summed E-state index contributed by atoms with van der Waals surface area (Å²) >= 11 is 6.21. The highest BCUT2D eigenvalue weighted by atomic mass is 35.5. The Morgan fingerprint density at radius 2 is 1.59 bits per heavy atom. The summed E-state index contributed by atoms with van der Waals surface area (Å²) in [5.74, 6) is 0.0964. The van der Waals surface area contributed by atoms with Crippen molar-refractivity contribution in [3.63, 3.8) is 0 Å². The van der Waals surface area contributed by atoms with Gasteiger partial charge < -0.3 is 14.5 Å². The fourth-order valence-corrected chi connectivity index (χ4v) is 4.28. The number of hydrogen-bond donors (Lipinski definition) is 0. The lowest BCUT2D eigenvalue weighted by Crippen LogP contribution is -2.46. The Labute approximate surface area is 194 Å². The van der Waals surface area contributed by atoms with Crippen molar-refractivity contribution in [2.45, 2.75) is 26.9 Å². The van der Waals surface area contributed by atoms with Gasteiger partial charge in [0.25, 0.3) is 11.8 Å². The molecular weight excluding hydrogens is 426 g/mol. The Bertz CT molecular complexity index is 1070. The third kappa shape index (κ3) is 4.25. The molecule has 0 atom stereocenters. The summed E-state index contributed by atoms with van der Waals surface area (Å²) < 4.78 is 5.75. The van der Waals surface area contributed by atoms with Crippen LogP contribution < -0.4 is 9.64 Å². The lowest BCUT2D eigenvalue weighted by atomic mass is 10.0. The summed E-state index contributed by atoms with van der Waals surface area (Å²) in [5.41, 5.74) is 2.93. The van der Waals surface area contributed by atoms with Gasteiger partial charge in [-0.15, -0.1) is 0 Å². The standard InChI is InChI=1S/C25H28ClN3O3/c1-16(2)32-20-9-6-18(7-10-20)22-23(28-13-11-27(4)12-14-28)25(31)29(24(22)30)21-15-19(26)8-5-17(21)3/h5-10,15-16H,11-14H2,1-4H3. The third-order valence-electron chi connectivity index (χ3n) is 5.81. The van der Waals surface area contributed by atoms with Crippen molar-refractivity contribution in [1.29, 1.82) is 0 Å². The Morgan fingerprint density at radius 1 is 0.938 bits per heavy atom. The van der Waals surface area contributed by atoms with Crippen LogP contribution in [0.25, 0.3) is 5.57 Å². The molecule has 7 heteroatoms. The van der Waals surface area contributed by atoms with Crippen molar-refractivity contribution in [3.8, 4) is 5.75 Å². The Balaban J connectivity index is 1.79. The van der Waals surface area contributed by atoms with Crippen LogP contribution in [0.3, 0.4) is 0 Å². The molecule has 0 spiro atoms. The van der Waals surface area contributed by atoms with Crippen molar-refractivity contribution >= 4 is 34.7 Å². The van der Waals surface area contributed by atoms with Gasteiger partial charge in [-0.2, -0.15) is 0 Å². The van der Waals surface area contributed by atoms with E-state index in [-0.39, 0.29) is 17.9 Å². The number of benzene rings is 2. The van der Waals surface area contributed by atoms with Crippen molar-refractivity contribution in [2.75, 3.05) is 38.1 Å². The molecule has 0 aromatic heterocycles. The van der Waals surface area contributed by atoms with Gasteiger partial charge in [-0.05, 0) is 63.2 Å². The summed E-state index contributed by atoms with van der Waals surface area (Å²) in [6.07, 6.45) is 0.0527. The maximum absolute atomic E-state index is 13.7. The van der Waals surface area contributed by atoms with Gasteiger partial charge in [-0.3, -0.25) is 9.59 Å². The zero-order chi connectivity index (χ0) is 23.0. The molecule has 4 rings (SSSR count). The second kappa shape index (κ2) is 8.96. The molecular formula is C25H28ClN3O3. The number of amides is 2. The predicted molar refractivity (Wildman–Crippen MR) is 127 cm³/mol. The van der Waals surface area contributed by atoms with E-state index in [1.807, 2.05) is 56.0 Å². The van der Waals surface area contributed by atoms with Gasteiger partial charge in [-0.1, -0.05) is 29.8 Å². The molecule has 0 aliphatic carbocycles. The molecule has 2 heterocycles. The van der Waals surface area contributed by atoms with Gasteiger partial charge in [0.2, 0.25) is 0 Å². The zero-order valence-corrected chi connectivity index (χ0v) is 19.6. The van der Waals surface area contributed by atoms with Crippen LogP contribution in [-0.4, -0.2) is 60.9 Å². The number of nitrogens with zero attached hydrogens (tertiary/aromatic N) is 3. The van der Waals surface area contributed by atoms with Crippen molar-refractivity contribution < 1.29 is 14.3 Å². The molecule has 2 aromatic rings. The van der Waals surface area contributed by atoms with Gasteiger partial charge in [0, 0.05) is 31.2 Å². The molecule has 1 saturated heterocycles. The summed E-state index contributed by atoms with van der Waals surface area (Å²) in [6.45, 7) is 8.83. The van der Waals surface area contributed by atoms with Crippen LogP contribution in [0.15, 0.2) is 48.2 Å². The molecule has 2 amide bonds. The SMILES string of the molecule is Cc1ccc(Cl)cc1N1C(=O)C(c2ccc(OC(C)C)cc2)=C(N2CCN(C)CC2)C1=O. The van der Waals surface area contributed by atoms with Gasteiger partial charge in [0.05, 0.1) is 17.4 Å². The number of imide groups is 1. The van der Waals surface area contributed by atoms with Crippen LogP contribution in [0, 0.1) is 6.92 Å². The summed E-state index contributed by atoms with van der Waals surface area (Å²) in [4.78, 5) is 32.9. The smallest absolute Gasteiger partial charge is 0.282 e. The van der Waals surface area contributed by atoms with Gasteiger partial charge >= 0.3 is 0 Å². The monoisotopic (exact) mass is 453 g/mol. The summed E-state index contributed by atoms with van der Waals surface area (Å²) in [6, 6.07) is 12.6. The average molecular weight is 454 g/mol. The highest BCUT2D eigenvalue weighted by Crippen LogP contribution is 2.37. The van der Waals surface area contributed by atoms with Gasteiger partial charge in [-0.25, -0.2) is 4.90 Å². The lowest BCUT2D eigenvalue weighted by molar-refractivity contribution is -0.120. The first kappa shape index (κ1) is 22.4. The van der Waals surface area contributed by atoms with Crippen molar-refractivity contribution in [2.24, 2.45) is 0 Å². The molecule has 0 N–H and O–H groups in total. The first-order valence-electron chi connectivity index (χ1n) is 10.9. The largest absolute Gasteiger partial charge is 0.491 e. The highest BCUT2D eigenvalue weighted by molar-refractivity contribution is 6.45. The van der Waals surface area contributed by atoms with Crippen molar-refractivity contribution in [3.05, 3.63) is 64.3 Å². The van der Waals surface area contributed by atoms with E-state index in [0.717, 1.165) is 24.4 Å².